The van der Waals surface area contributed by atoms with Crippen molar-refractivity contribution in [1.82, 2.24) is 46.1 Å². The quantitative estimate of drug-likeness (QED) is 0.0283. The maximum atomic E-state index is 17.1. The first-order valence-electron chi connectivity index (χ1n) is 30.9. The second-order valence-corrected chi connectivity index (χ2v) is 26.3. The maximum absolute atomic E-state index is 17.1. The molecule has 1 aliphatic carbocycles. The lowest BCUT2D eigenvalue weighted by molar-refractivity contribution is -0.137. The van der Waals surface area contributed by atoms with Crippen LogP contribution in [0.25, 0.3) is 43.4 Å². The normalized spacial score (nSPS) is 21.1. The molecule has 0 spiro atoms. The Balaban J connectivity index is 0.639. The second-order valence-electron chi connectivity index (χ2n) is 25.5. The number of phenols is 1. The van der Waals surface area contributed by atoms with Crippen molar-refractivity contribution in [2.24, 2.45) is 17.3 Å². The van der Waals surface area contributed by atoms with Crippen LogP contribution in [0.15, 0.2) is 60.2 Å². The van der Waals surface area contributed by atoms with Crippen LogP contribution in [0.5, 0.6) is 11.8 Å². The number of fused-ring (bicyclic) bond motifs is 4. The number of unbranched alkanes of at least 4 members (excludes halogenated alkanes) is 7. The highest BCUT2D eigenvalue weighted by Crippen LogP contribution is 2.41. The molecule has 0 radical (unpaired) electrons. The summed E-state index contributed by atoms with van der Waals surface area (Å²) in [5, 5.41) is 24.9. The van der Waals surface area contributed by atoms with Crippen molar-refractivity contribution in [2.45, 2.75) is 174 Å². The summed E-state index contributed by atoms with van der Waals surface area (Å²) >= 11 is 1.60. The largest absolute Gasteiger partial charge is 0.508 e. The molecule has 5 unspecified atom stereocenters. The first-order chi connectivity index (χ1) is 41.3. The summed E-state index contributed by atoms with van der Waals surface area (Å²) in [6.07, 6.45) is 20.3. The van der Waals surface area contributed by atoms with Gasteiger partial charge in [-0.25, -0.2) is 13.8 Å². The summed E-state index contributed by atoms with van der Waals surface area (Å²) in [6, 6.07) is 13.1. The van der Waals surface area contributed by atoms with Crippen molar-refractivity contribution in [3.05, 3.63) is 88.7 Å². The number of hydrogen-bond donors (Lipinski definition) is 5. The number of likely N-dealkylation sites (N-methyl/N-ethyl adjacent to an activating group) is 1. The number of Topliss-reactive ketones (excluding diaryl/α,β-unsaturated/α-hetero) is 1. The van der Waals surface area contributed by atoms with Crippen LogP contribution in [0.1, 0.15) is 153 Å². The molecule has 3 aromatic heterocycles. The number of anilines is 1. The van der Waals surface area contributed by atoms with Crippen LogP contribution < -0.4 is 30.9 Å². The molecule has 2 bridgehead atoms. The van der Waals surface area contributed by atoms with Crippen molar-refractivity contribution in [3.8, 4) is 45.8 Å². The van der Waals surface area contributed by atoms with Crippen LogP contribution in [0.3, 0.4) is 0 Å². The van der Waals surface area contributed by atoms with E-state index in [1.165, 1.54) is 30.5 Å². The zero-order chi connectivity index (χ0) is 60.8. The van der Waals surface area contributed by atoms with Gasteiger partial charge in [0.25, 0.3) is 0 Å². The number of pyridine rings is 1. The van der Waals surface area contributed by atoms with E-state index in [2.05, 4.69) is 64.1 Å². The van der Waals surface area contributed by atoms with E-state index in [1.54, 1.807) is 11.3 Å². The summed E-state index contributed by atoms with van der Waals surface area (Å²) in [5.41, 5.74) is 4.29. The number of ketones is 1. The molecule has 19 heteroatoms. The summed E-state index contributed by atoms with van der Waals surface area (Å²) in [5.74, 6) is 0.134. The topological polar surface area (TPSA) is 204 Å². The number of halogens is 2. The number of phenolic OH excluding ortho intramolecular Hbond substituents is 1. The Morgan fingerprint density at radius 3 is 2.23 bits per heavy atom. The summed E-state index contributed by atoms with van der Waals surface area (Å²) in [7, 11) is 1.98. The molecule has 8 atom stereocenters. The molecule has 10 rings (SSSR count). The third-order valence-electron chi connectivity index (χ3n) is 18.1. The van der Waals surface area contributed by atoms with E-state index in [4.69, 9.17) is 16.1 Å². The third kappa shape index (κ3) is 14.3. The van der Waals surface area contributed by atoms with Gasteiger partial charge in [-0.3, -0.25) is 29.1 Å². The molecule has 3 aliphatic heterocycles. The number of terminal acetylenes is 1. The number of carbonyl (C=O) groups is 4. The van der Waals surface area contributed by atoms with E-state index in [1.807, 2.05) is 59.3 Å². The number of benzene rings is 3. The van der Waals surface area contributed by atoms with E-state index in [9.17, 15) is 24.3 Å². The predicted octanol–water partition coefficient (Wildman–Crippen LogP) is 11.0. The Hall–Kier alpha value is -7.14. The standard InChI is InChI=1S/C67H82F2N10O6S/c1-8-49-54(68)29-26-43-30-48(80)32-52(57(43)49)59-58(69)60-53(33-70-59)64(79-35-44-27-28-45(36-79)73-44)77-66(76-60)85-37-47-31-46(34-78(47)7)74-55(81)20-15-13-11-9-10-12-14-16-21-56(82)75-63(67(4,5)6)61(83)50-18-17-19-51(50)65(84)72-39(2)41-22-24-42(25-23-41)62-40(3)71-38-86-62/h1,22-26,29-30,32-33,38-39,44-47,50-51,63,73,80H,9-21,27-28,31,34-37H2,2-7H3,(H,72,84)(H,74,81)(H,75,82)/t39-,44?,45?,46+,47?,50?,51+,63?/m0/s1. The summed E-state index contributed by atoms with van der Waals surface area (Å²) in [4.78, 5) is 78.3. The lowest BCUT2D eigenvalue weighted by Crippen LogP contribution is -2.52. The van der Waals surface area contributed by atoms with Crippen LogP contribution in [0, 0.1) is 48.2 Å². The van der Waals surface area contributed by atoms with Crippen molar-refractivity contribution < 1.29 is 37.8 Å². The number of aryl methyl sites for hydroxylation is 1. The van der Waals surface area contributed by atoms with Crippen LogP contribution in [-0.4, -0.2) is 117 Å². The molecule has 86 heavy (non-hydrogen) atoms. The van der Waals surface area contributed by atoms with Crippen LogP contribution in [0.2, 0.25) is 0 Å². The number of aromatic hydroxyl groups is 1. The van der Waals surface area contributed by atoms with Gasteiger partial charge in [-0.15, -0.1) is 17.8 Å². The molecule has 6 aromatic rings. The predicted molar refractivity (Wildman–Crippen MR) is 333 cm³/mol. The maximum Gasteiger partial charge on any atom is 0.319 e. The Kier molecular flexibility index (Phi) is 19.6. The molecule has 3 amide bonds. The fraction of sp³-hybridized carbons (Fsp3) is 0.522. The first kappa shape index (κ1) is 61.9. The molecule has 6 heterocycles. The number of carbonyl (C=O) groups excluding carboxylic acids is 4. The van der Waals surface area contributed by atoms with Gasteiger partial charge in [-0.1, -0.05) is 102 Å². The fourth-order valence-electron chi connectivity index (χ4n) is 13.4. The Morgan fingerprint density at radius 2 is 1.56 bits per heavy atom. The van der Waals surface area contributed by atoms with E-state index >= 15 is 8.78 Å². The minimum atomic E-state index is -0.781. The number of aromatic nitrogens is 4. The van der Waals surface area contributed by atoms with Crippen molar-refractivity contribution in [3.63, 3.8) is 0 Å². The molecule has 456 valence electrons. The highest BCUT2D eigenvalue weighted by molar-refractivity contribution is 7.13. The van der Waals surface area contributed by atoms with Crippen molar-refractivity contribution in [1.29, 1.82) is 0 Å². The lowest BCUT2D eigenvalue weighted by atomic mass is 9.77. The zero-order valence-electron chi connectivity index (χ0n) is 50.4. The number of ether oxygens (including phenoxy) is 1. The van der Waals surface area contributed by atoms with Gasteiger partial charge >= 0.3 is 6.01 Å². The first-order valence-corrected chi connectivity index (χ1v) is 31.8. The van der Waals surface area contributed by atoms with E-state index in [0.717, 1.165) is 92.3 Å². The monoisotopic (exact) mass is 1190 g/mol. The van der Waals surface area contributed by atoms with Gasteiger partial charge in [0, 0.05) is 85.6 Å². The average molecular weight is 1190 g/mol. The summed E-state index contributed by atoms with van der Waals surface area (Å²) < 4.78 is 38.5. The fourth-order valence-corrected chi connectivity index (χ4v) is 14.2. The summed E-state index contributed by atoms with van der Waals surface area (Å²) in [6.45, 7) is 12.0. The molecule has 3 saturated heterocycles. The van der Waals surface area contributed by atoms with E-state index in [-0.39, 0.29) is 99.8 Å². The molecule has 16 nitrogen and oxygen atoms in total. The Bertz CT molecular complexity index is 3480. The third-order valence-corrected chi connectivity index (χ3v) is 19.1. The number of amides is 3. The zero-order valence-corrected chi connectivity index (χ0v) is 51.3. The number of nitrogens with zero attached hydrogens (tertiary/aromatic N) is 6. The van der Waals surface area contributed by atoms with Crippen LogP contribution >= 0.6 is 11.3 Å². The lowest BCUT2D eigenvalue weighted by Gasteiger charge is -2.34. The van der Waals surface area contributed by atoms with Crippen LogP contribution in [0.4, 0.5) is 14.6 Å². The second kappa shape index (κ2) is 27.3. The van der Waals surface area contributed by atoms with Gasteiger partial charge in [0.1, 0.15) is 35.2 Å². The number of likely N-dealkylation sites (tertiary alicyclic amines) is 1. The van der Waals surface area contributed by atoms with Gasteiger partial charge < -0.3 is 36.0 Å². The molecular weight excluding hydrogens is 1110 g/mol. The minimum absolute atomic E-state index is 0.00125. The molecule has 4 fully saturated rings. The van der Waals surface area contributed by atoms with Gasteiger partial charge in [0.05, 0.1) is 39.1 Å². The Morgan fingerprint density at radius 1 is 0.872 bits per heavy atom. The van der Waals surface area contributed by atoms with Crippen LogP contribution in [-0.2, 0) is 19.2 Å². The number of thiazole rings is 1. The van der Waals surface area contributed by atoms with Crippen molar-refractivity contribution in [2.75, 3.05) is 38.2 Å². The average Bonchev–Trinajstić information content (AvgIpc) is 1.06. The minimum Gasteiger partial charge on any atom is -0.508 e. The smallest absolute Gasteiger partial charge is 0.319 e. The molecule has 1 saturated carbocycles. The molecule has 3 aromatic carbocycles. The highest BCUT2D eigenvalue weighted by Gasteiger charge is 2.44. The van der Waals surface area contributed by atoms with Gasteiger partial charge in [-0.05, 0) is 106 Å². The number of piperazine rings is 1. The van der Waals surface area contributed by atoms with E-state index in [0.29, 0.717) is 68.3 Å². The van der Waals surface area contributed by atoms with Crippen molar-refractivity contribution >= 4 is 62.3 Å². The number of nitrogens with one attached hydrogen (secondary N) is 4. The van der Waals surface area contributed by atoms with Gasteiger partial charge in [0.2, 0.25) is 17.7 Å². The molecule has 4 aliphatic rings. The molecule has 5 N–H and O–H groups in total. The SMILES string of the molecule is C#Cc1c(F)ccc2cc(O)cc(-c3ncc4c(N5CC6CCC(C5)N6)nc(OCC5C[C@@H](NC(=O)CCCCCCCCCCC(=O)NC(C(=O)C6CCC[C@H]6C(=O)N[C@@H](C)c6ccc(-c7scnc7C)cc6)C(C)(C)C)CN5C)nc4c3F)c12. The van der Waals surface area contributed by atoms with Gasteiger partial charge in [-0.2, -0.15) is 9.97 Å². The number of rotatable bonds is 24. The van der Waals surface area contributed by atoms with Gasteiger partial charge in [0.15, 0.2) is 11.6 Å². The highest BCUT2D eigenvalue weighted by atomic mass is 32.1. The molecular formula is C67H82F2N10O6S. The number of hydrogen-bond acceptors (Lipinski definition) is 14. The Labute approximate surface area is 507 Å². The van der Waals surface area contributed by atoms with E-state index < -0.39 is 34.9 Å².